The molecule has 1 saturated heterocycles. The Morgan fingerprint density at radius 2 is 1.94 bits per heavy atom. The Morgan fingerprint density at radius 3 is 2.50 bits per heavy atom. The molecule has 1 aliphatic rings. The summed E-state index contributed by atoms with van der Waals surface area (Å²) < 4.78 is 5.48. The Labute approximate surface area is 111 Å². The maximum Gasteiger partial charge on any atom is 0.0662 e. The summed E-state index contributed by atoms with van der Waals surface area (Å²) in [6.07, 6.45) is 4.89. The summed E-state index contributed by atoms with van der Waals surface area (Å²) in [6, 6.07) is 9.58. The van der Waals surface area contributed by atoms with Gasteiger partial charge in [-0.05, 0) is 44.4 Å². The molecule has 0 bridgehead atoms. The number of methoxy groups -OCH3 is 1. The highest BCUT2D eigenvalue weighted by Gasteiger charge is 2.18. The van der Waals surface area contributed by atoms with Gasteiger partial charge < -0.3 is 10.1 Å². The molecule has 0 aliphatic carbocycles. The Morgan fingerprint density at radius 1 is 1.22 bits per heavy atom. The van der Waals surface area contributed by atoms with Crippen molar-refractivity contribution >= 4 is 0 Å². The molecule has 1 heterocycles. The second kappa shape index (κ2) is 5.85. The number of rotatable bonds is 4. The number of nitrogens with one attached hydrogen (secondary N) is 1. The van der Waals surface area contributed by atoms with Crippen LogP contribution in [0.3, 0.4) is 0 Å². The third kappa shape index (κ3) is 3.56. The van der Waals surface area contributed by atoms with Crippen LogP contribution in [0, 0.1) is 0 Å². The molecule has 1 N–H and O–H groups in total. The molecule has 1 aromatic carbocycles. The van der Waals surface area contributed by atoms with Gasteiger partial charge in [0.2, 0.25) is 0 Å². The van der Waals surface area contributed by atoms with Gasteiger partial charge in [-0.15, -0.1) is 0 Å². The predicted octanol–water partition coefficient (Wildman–Crippen LogP) is 3.47. The summed E-state index contributed by atoms with van der Waals surface area (Å²) in [5.41, 5.74) is 2.69. The normalized spacial score (nSPS) is 20.9. The average molecular weight is 247 g/mol. The second-order valence-corrected chi connectivity index (χ2v) is 5.88. The molecule has 0 spiro atoms. The van der Waals surface area contributed by atoms with Crippen molar-refractivity contribution in [1.82, 2.24) is 5.32 Å². The highest BCUT2D eigenvalue weighted by molar-refractivity contribution is 5.26. The summed E-state index contributed by atoms with van der Waals surface area (Å²) in [5, 5.41) is 3.59. The topological polar surface area (TPSA) is 21.3 Å². The lowest BCUT2D eigenvalue weighted by atomic mass is 9.94. The molecule has 2 rings (SSSR count). The Kier molecular flexibility index (Phi) is 4.41. The highest BCUT2D eigenvalue weighted by Crippen LogP contribution is 2.24. The van der Waals surface area contributed by atoms with Crippen molar-refractivity contribution in [3.63, 3.8) is 0 Å². The van der Waals surface area contributed by atoms with Crippen LogP contribution in [0.25, 0.3) is 0 Å². The minimum atomic E-state index is -0.0788. The van der Waals surface area contributed by atoms with Crippen LogP contribution < -0.4 is 5.32 Å². The van der Waals surface area contributed by atoms with Gasteiger partial charge in [0, 0.05) is 19.6 Å². The van der Waals surface area contributed by atoms with Gasteiger partial charge in [0.05, 0.1) is 5.60 Å². The van der Waals surface area contributed by atoms with E-state index in [1.807, 2.05) is 0 Å². The first-order valence-electron chi connectivity index (χ1n) is 6.98. The van der Waals surface area contributed by atoms with Crippen LogP contribution in [0.1, 0.15) is 50.3 Å². The first kappa shape index (κ1) is 13.6. The zero-order chi connectivity index (χ0) is 13.0. The summed E-state index contributed by atoms with van der Waals surface area (Å²) in [6.45, 7) is 5.41. The van der Waals surface area contributed by atoms with Crippen molar-refractivity contribution in [3.8, 4) is 0 Å². The first-order valence-corrected chi connectivity index (χ1v) is 6.98. The van der Waals surface area contributed by atoms with E-state index in [-0.39, 0.29) is 5.60 Å². The van der Waals surface area contributed by atoms with E-state index in [1.165, 1.54) is 30.4 Å². The van der Waals surface area contributed by atoms with Crippen molar-refractivity contribution in [2.45, 2.75) is 51.2 Å². The number of benzene rings is 1. The van der Waals surface area contributed by atoms with Gasteiger partial charge in [0.15, 0.2) is 0 Å². The van der Waals surface area contributed by atoms with E-state index in [9.17, 15) is 0 Å². The fraction of sp³-hybridized carbons (Fsp3) is 0.625. The van der Waals surface area contributed by atoms with Crippen molar-refractivity contribution in [1.29, 1.82) is 0 Å². The number of hydrogen-bond acceptors (Lipinski definition) is 2. The number of ether oxygens (including phenoxy) is 1. The van der Waals surface area contributed by atoms with E-state index in [1.54, 1.807) is 7.11 Å². The maximum atomic E-state index is 5.48. The largest absolute Gasteiger partial charge is 0.378 e. The SMILES string of the molecule is COC(C)(C)Cc1ccc(C2CCCCN2)cc1. The van der Waals surface area contributed by atoms with E-state index in [4.69, 9.17) is 4.74 Å². The molecule has 0 saturated carbocycles. The fourth-order valence-electron chi connectivity index (χ4n) is 2.57. The van der Waals surface area contributed by atoms with Crippen LogP contribution in [-0.4, -0.2) is 19.3 Å². The van der Waals surface area contributed by atoms with Crippen molar-refractivity contribution < 1.29 is 4.74 Å². The van der Waals surface area contributed by atoms with Crippen molar-refractivity contribution in [3.05, 3.63) is 35.4 Å². The Balaban J connectivity index is 2.00. The molecule has 100 valence electrons. The molecule has 2 heteroatoms. The van der Waals surface area contributed by atoms with Crippen molar-refractivity contribution in [2.75, 3.05) is 13.7 Å². The van der Waals surface area contributed by atoms with Crippen LogP contribution in [-0.2, 0) is 11.2 Å². The van der Waals surface area contributed by atoms with E-state index < -0.39 is 0 Å². The molecular formula is C16H25NO. The van der Waals surface area contributed by atoms with E-state index in [2.05, 4.69) is 43.4 Å². The standard InChI is InChI=1S/C16H25NO/c1-16(2,18-3)12-13-7-9-14(10-8-13)15-6-4-5-11-17-15/h7-10,15,17H,4-6,11-12H2,1-3H3. The van der Waals surface area contributed by atoms with Gasteiger partial charge in [-0.25, -0.2) is 0 Å². The van der Waals surface area contributed by atoms with Crippen LogP contribution in [0.2, 0.25) is 0 Å². The van der Waals surface area contributed by atoms with Crippen LogP contribution in [0.5, 0.6) is 0 Å². The predicted molar refractivity (Wildman–Crippen MR) is 75.8 cm³/mol. The third-order valence-electron chi connectivity index (χ3n) is 3.87. The van der Waals surface area contributed by atoms with Gasteiger partial charge in [-0.2, -0.15) is 0 Å². The Bertz CT molecular complexity index is 363. The lowest BCUT2D eigenvalue weighted by Gasteiger charge is -2.25. The average Bonchev–Trinajstić information content (AvgIpc) is 2.40. The second-order valence-electron chi connectivity index (χ2n) is 5.88. The van der Waals surface area contributed by atoms with E-state index in [0.29, 0.717) is 6.04 Å². The maximum absolute atomic E-state index is 5.48. The van der Waals surface area contributed by atoms with Crippen LogP contribution >= 0.6 is 0 Å². The monoisotopic (exact) mass is 247 g/mol. The van der Waals surface area contributed by atoms with Gasteiger partial charge in [0.25, 0.3) is 0 Å². The van der Waals surface area contributed by atoms with E-state index >= 15 is 0 Å². The van der Waals surface area contributed by atoms with Gasteiger partial charge in [-0.1, -0.05) is 30.7 Å². The molecule has 0 aromatic heterocycles. The summed E-state index contributed by atoms with van der Waals surface area (Å²) in [5.74, 6) is 0. The molecule has 1 aliphatic heterocycles. The van der Waals surface area contributed by atoms with Crippen LogP contribution in [0.4, 0.5) is 0 Å². The zero-order valence-electron chi connectivity index (χ0n) is 11.8. The Hall–Kier alpha value is -0.860. The molecule has 18 heavy (non-hydrogen) atoms. The molecular weight excluding hydrogens is 222 g/mol. The minimum Gasteiger partial charge on any atom is -0.378 e. The summed E-state index contributed by atoms with van der Waals surface area (Å²) in [4.78, 5) is 0. The fourth-order valence-corrected chi connectivity index (χ4v) is 2.57. The quantitative estimate of drug-likeness (QED) is 0.879. The highest BCUT2D eigenvalue weighted by atomic mass is 16.5. The molecule has 1 fully saturated rings. The molecule has 1 aromatic rings. The molecule has 0 amide bonds. The van der Waals surface area contributed by atoms with E-state index in [0.717, 1.165) is 13.0 Å². The molecule has 1 unspecified atom stereocenters. The third-order valence-corrected chi connectivity index (χ3v) is 3.87. The molecule has 1 atom stereocenters. The lowest BCUT2D eigenvalue weighted by molar-refractivity contribution is 0.0232. The minimum absolute atomic E-state index is 0.0788. The van der Waals surface area contributed by atoms with Crippen LogP contribution in [0.15, 0.2) is 24.3 Å². The smallest absolute Gasteiger partial charge is 0.0662 e. The lowest BCUT2D eigenvalue weighted by Crippen LogP contribution is -2.27. The van der Waals surface area contributed by atoms with Crippen molar-refractivity contribution in [2.24, 2.45) is 0 Å². The summed E-state index contributed by atoms with van der Waals surface area (Å²) in [7, 11) is 1.78. The summed E-state index contributed by atoms with van der Waals surface area (Å²) >= 11 is 0. The van der Waals surface area contributed by atoms with Gasteiger partial charge in [0.1, 0.15) is 0 Å². The molecule has 2 nitrogen and oxygen atoms in total. The van der Waals surface area contributed by atoms with Gasteiger partial charge >= 0.3 is 0 Å². The first-order chi connectivity index (χ1) is 8.61. The zero-order valence-corrected chi connectivity index (χ0v) is 11.8. The number of piperidine rings is 1. The van der Waals surface area contributed by atoms with Gasteiger partial charge in [-0.3, -0.25) is 0 Å². The number of hydrogen-bond donors (Lipinski definition) is 1. The molecule has 0 radical (unpaired) electrons.